The molecule has 0 aliphatic carbocycles. The highest BCUT2D eigenvalue weighted by atomic mass is 32.1. The van der Waals surface area contributed by atoms with Crippen molar-refractivity contribution in [2.24, 2.45) is 0 Å². The van der Waals surface area contributed by atoms with Gasteiger partial charge in [-0.3, -0.25) is 4.57 Å². The van der Waals surface area contributed by atoms with E-state index in [1.165, 1.54) is 58.4 Å². The molecule has 4 heterocycles. The van der Waals surface area contributed by atoms with Crippen LogP contribution in [0.4, 0.5) is 0 Å². The third kappa shape index (κ3) is 3.35. The molecule has 4 heteroatoms. The van der Waals surface area contributed by atoms with Crippen LogP contribution in [0.25, 0.3) is 75.5 Å². The Bertz CT molecular complexity index is 2390. The van der Waals surface area contributed by atoms with E-state index in [0.717, 1.165) is 17.1 Å². The Morgan fingerprint density at radius 1 is 0.561 bits per heavy atom. The summed E-state index contributed by atoms with van der Waals surface area (Å²) in [5, 5.41) is 6.27. The molecule has 41 heavy (non-hydrogen) atoms. The molecule has 0 aliphatic heterocycles. The lowest BCUT2D eigenvalue weighted by atomic mass is 10.1. The van der Waals surface area contributed by atoms with Crippen LogP contribution in [0.2, 0.25) is 0 Å². The quantitative estimate of drug-likeness (QED) is 0.218. The summed E-state index contributed by atoms with van der Waals surface area (Å²) in [6.07, 6.45) is 4.17. The predicted octanol–water partition coefficient (Wildman–Crippen LogP) is 10.2. The number of aromatic nitrogens is 3. The first-order valence-electron chi connectivity index (χ1n) is 13.8. The zero-order valence-electron chi connectivity index (χ0n) is 22.0. The minimum absolute atomic E-state index is 0.925. The number of thiophene rings is 1. The standard InChI is InChI=1S/C37H23N3S/c1-3-9-24(10-4-1)26-15-18-35(38-23-26)40-32-21-25-19-20-39(27-11-5-2-6-12-27)31(25)22-30(32)28-16-17-34-36(37(28)40)29-13-7-8-14-33(29)41-34/h1-23H. The fourth-order valence-electron chi connectivity index (χ4n) is 6.31. The lowest BCUT2D eigenvalue weighted by Gasteiger charge is -2.10. The Morgan fingerprint density at radius 3 is 2.20 bits per heavy atom. The summed E-state index contributed by atoms with van der Waals surface area (Å²) < 4.78 is 7.26. The Morgan fingerprint density at radius 2 is 1.37 bits per heavy atom. The molecule has 9 aromatic rings. The second kappa shape index (κ2) is 8.65. The maximum absolute atomic E-state index is 5.06. The van der Waals surface area contributed by atoms with Crippen molar-refractivity contribution >= 4 is 64.2 Å². The molecule has 0 atom stereocenters. The molecule has 0 amide bonds. The summed E-state index contributed by atoms with van der Waals surface area (Å²) in [7, 11) is 0. The largest absolute Gasteiger partial charge is 0.317 e. The minimum Gasteiger partial charge on any atom is -0.317 e. The van der Waals surface area contributed by atoms with E-state index in [0.29, 0.717) is 0 Å². The van der Waals surface area contributed by atoms with Gasteiger partial charge < -0.3 is 4.57 Å². The molecule has 0 spiro atoms. The van der Waals surface area contributed by atoms with Crippen molar-refractivity contribution in [2.45, 2.75) is 0 Å². The third-order valence-corrected chi connectivity index (χ3v) is 9.33. The van der Waals surface area contributed by atoms with Crippen molar-refractivity contribution in [1.29, 1.82) is 0 Å². The Labute approximate surface area is 240 Å². The molecule has 0 fully saturated rings. The summed E-state index contributed by atoms with van der Waals surface area (Å²) in [6.45, 7) is 0. The average Bonchev–Trinajstić information content (AvgIpc) is 3.72. The van der Waals surface area contributed by atoms with Gasteiger partial charge in [0.25, 0.3) is 0 Å². The van der Waals surface area contributed by atoms with Gasteiger partial charge in [-0.15, -0.1) is 11.3 Å². The molecule has 0 saturated carbocycles. The summed E-state index contributed by atoms with van der Waals surface area (Å²) >= 11 is 1.86. The van der Waals surface area contributed by atoms with Gasteiger partial charge in [0.05, 0.1) is 16.6 Å². The number of nitrogens with zero attached hydrogens (tertiary/aromatic N) is 3. The van der Waals surface area contributed by atoms with Crippen LogP contribution in [0.3, 0.4) is 0 Å². The topological polar surface area (TPSA) is 22.8 Å². The molecule has 192 valence electrons. The SMILES string of the molecule is c1ccc(-c2ccc(-n3c4cc5ccn(-c6ccccc6)c5cc4c4ccc5sc6ccccc6c5c43)nc2)cc1. The molecular formula is C37H23N3S. The zero-order valence-corrected chi connectivity index (χ0v) is 22.8. The number of rotatable bonds is 3. The van der Waals surface area contributed by atoms with Crippen molar-refractivity contribution in [3.8, 4) is 22.6 Å². The van der Waals surface area contributed by atoms with Crippen LogP contribution in [-0.4, -0.2) is 14.1 Å². The van der Waals surface area contributed by atoms with Crippen LogP contribution in [-0.2, 0) is 0 Å². The van der Waals surface area contributed by atoms with E-state index in [1.54, 1.807) is 0 Å². The number of hydrogen-bond donors (Lipinski definition) is 0. The monoisotopic (exact) mass is 541 g/mol. The number of fused-ring (bicyclic) bond motifs is 8. The summed E-state index contributed by atoms with van der Waals surface area (Å²) in [4.78, 5) is 5.06. The van der Waals surface area contributed by atoms with Gasteiger partial charge in [0.15, 0.2) is 0 Å². The molecule has 0 N–H and O–H groups in total. The number of hydrogen-bond acceptors (Lipinski definition) is 2. The molecule has 0 bridgehead atoms. The van der Waals surface area contributed by atoms with E-state index in [9.17, 15) is 0 Å². The molecule has 0 radical (unpaired) electrons. The Balaban J connectivity index is 1.39. The Hall–Kier alpha value is -5.19. The van der Waals surface area contributed by atoms with Crippen LogP contribution in [0.5, 0.6) is 0 Å². The van der Waals surface area contributed by atoms with Gasteiger partial charge in [-0.05, 0) is 60.2 Å². The summed E-state index contributed by atoms with van der Waals surface area (Å²) in [5.74, 6) is 0.925. The first-order chi connectivity index (χ1) is 20.3. The molecule has 9 rings (SSSR count). The van der Waals surface area contributed by atoms with E-state index in [1.807, 2.05) is 23.6 Å². The smallest absolute Gasteiger partial charge is 0.137 e. The highest BCUT2D eigenvalue weighted by Crippen LogP contribution is 2.43. The molecule has 0 saturated heterocycles. The fourth-order valence-corrected chi connectivity index (χ4v) is 7.42. The molecular weight excluding hydrogens is 518 g/mol. The van der Waals surface area contributed by atoms with Gasteiger partial charge in [0.2, 0.25) is 0 Å². The van der Waals surface area contributed by atoms with Crippen molar-refractivity contribution in [3.05, 3.63) is 140 Å². The van der Waals surface area contributed by atoms with Crippen LogP contribution >= 0.6 is 11.3 Å². The maximum Gasteiger partial charge on any atom is 0.137 e. The van der Waals surface area contributed by atoms with E-state index in [-0.39, 0.29) is 0 Å². The van der Waals surface area contributed by atoms with Crippen molar-refractivity contribution in [1.82, 2.24) is 14.1 Å². The molecule has 0 aliphatic rings. The van der Waals surface area contributed by atoms with Crippen LogP contribution in [0.1, 0.15) is 0 Å². The maximum atomic E-state index is 5.06. The summed E-state index contributed by atoms with van der Waals surface area (Å²) in [5.41, 5.74) is 7.03. The number of pyridine rings is 1. The van der Waals surface area contributed by atoms with Crippen LogP contribution in [0.15, 0.2) is 140 Å². The molecule has 4 aromatic heterocycles. The first kappa shape index (κ1) is 22.6. The lowest BCUT2D eigenvalue weighted by molar-refractivity contribution is 1.09. The van der Waals surface area contributed by atoms with E-state index in [2.05, 4.69) is 137 Å². The predicted molar refractivity (Wildman–Crippen MR) is 174 cm³/mol. The van der Waals surface area contributed by atoms with Gasteiger partial charge in [-0.25, -0.2) is 4.98 Å². The average molecular weight is 542 g/mol. The normalized spacial score (nSPS) is 11.9. The highest BCUT2D eigenvalue weighted by Gasteiger charge is 2.20. The third-order valence-electron chi connectivity index (χ3n) is 8.20. The number of benzene rings is 5. The van der Waals surface area contributed by atoms with E-state index in [4.69, 9.17) is 4.98 Å². The highest BCUT2D eigenvalue weighted by molar-refractivity contribution is 7.26. The van der Waals surface area contributed by atoms with Gasteiger partial charge in [-0.2, -0.15) is 0 Å². The van der Waals surface area contributed by atoms with E-state index >= 15 is 0 Å². The second-order valence-corrected chi connectivity index (χ2v) is 11.6. The van der Waals surface area contributed by atoms with Crippen molar-refractivity contribution in [2.75, 3.05) is 0 Å². The Kier molecular flexibility index (Phi) is 4.77. The van der Waals surface area contributed by atoms with Crippen molar-refractivity contribution < 1.29 is 0 Å². The van der Waals surface area contributed by atoms with Crippen LogP contribution in [0, 0.1) is 0 Å². The fraction of sp³-hybridized carbons (Fsp3) is 0. The molecule has 0 unspecified atom stereocenters. The van der Waals surface area contributed by atoms with Gasteiger partial charge >= 0.3 is 0 Å². The van der Waals surface area contributed by atoms with E-state index < -0.39 is 0 Å². The van der Waals surface area contributed by atoms with Crippen molar-refractivity contribution in [3.63, 3.8) is 0 Å². The summed E-state index contributed by atoms with van der Waals surface area (Å²) in [6, 6.07) is 45.6. The first-order valence-corrected chi connectivity index (χ1v) is 14.6. The molecule has 3 nitrogen and oxygen atoms in total. The number of para-hydroxylation sites is 1. The second-order valence-electron chi connectivity index (χ2n) is 10.5. The molecule has 5 aromatic carbocycles. The minimum atomic E-state index is 0.925. The van der Waals surface area contributed by atoms with Gasteiger partial charge in [0.1, 0.15) is 5.82 Å². The van der Waals surface area contributed by atoms with Gasteiger partial charge in [0, 0.05) is 60.0 Å². The lowest BCUT2D eigenvalue weighted by Crippen LogP contribution is -1.98. The van der Waals surface area contributed by atoms with Gasteiger partial charge in [-0.1, -0.05) is 72.8 Å². The zero-order chi connectivity index (χ0) is 26.9. The van der Waals surface area contributed by atoms with Crippen LogP contribution < -0.4 is 0 Å².